The van der Waals surface area contributed by atoms with Gasteiger partial charge in [0.2, 0.25) is 0 Å². The Bertz CT molecular complexity index is 162. The average molecular weight is 180 g/mol. The van der Waals surface area contributed by atoms with Crippen molar-refractivity contribution in [1.29, 1.82) is 0 Å². The Morgan fingerprint density at radius 1 is 0.917 bits per heavy atom. The van der Waals surface area contributed by atoms with E-state index in [2.05, 4.69) is 0 Å². The van der Waals surface area contributed by atoms with E-state index in [1.807, 2.05) is 0 Å². The Labute approximate surface area is 78.5 Å². The molecule has 0 aliphatic heterocycles. The van der Waals surface area contributed by atoms with Crippen molar-refractivity contribution in [2.75, 3.05) is 0 Å². The van der Waals surface area contributed by atoms with Crippen molar-refractivity contribution in [3.8, 4) is 0 Å². The van der Waals surface area contributed by atoms with Crippen molar-refractivity contribution in [2.45, 2.75) is 44.6 Å². The normalized spacial score (nSPS) is 56.5. The Hall–Kier alpha value is 0.217. The van der Waals surface area contributed by atoms with Crippen molar-refractivity contribution in [3.63, 3.8) is 0 Å². The molecule has 0 radical (unpaired) electrons. The molecular formula is C11H20Si. The van der Waals surface area contributed by atoms with Gasteiger partial charge in [-0.15, -0.1) is 0 Å². The van der Waals surface area contributed by atoms with Gasteiger partial charge in [-0.1, -0.05) is 6.04 Å². The molecule has 1 heteroatoms. The average Bonchev–Trinajstić information content (AvgIpc) is 2.02. The molecule has 4 aliphatic carbocycles. The van der Waals surface area contributed by atoms with E-state index in [0.29, 0.717) is 0 Å². The molecule has 0 nitrogen and oxygen atoms in total. The van der Waals surface area contributed by atoms with Gasteiger partial charge in [0, 0.05) is 10.2 Å². The zero-order valence-corrected chi connectivity index (χ0v) is 10.2. The van der Waals surface area contributed by atoms with E-state index in [9.17, 15) is 0 Å². The lowest BCUT2D eigenvalue weighted by atomic mass is 9.50. The third-order valence-corrected chi connectivity index (χ3v) is 6.42. The van der Waals surface area contributed by atoms with Crippen molar-refractivity contribution in [2.24, 2.45) is 23.2 Å². The van der Waals surface area contributed by atoms with E-state index in [1.54, 1.807) is 44.6 Å². The molecule has 0 N–H and O–H groups in total. The van der Waals surface area contributed by atoms with Crippen LogP contribution in [0.5, 0.6) is 0 Å². The number of hydrogen-bond donors (Lipinski definition) is 0. The molecule has 0 atom stereocenters. The minimum atomic E-state index is 0.904. The first-order valence-corrected chi connectivity index (χ1v) is 7.21. The van der Waals surface area contributed by atoms with Crippen LogP contribution in [0.4, 0.5) is 0 Å². The second-order valence-electron chi connectivity index (χ2n) is 5.77. The van der Waals surface area contributed by atoms with Crippen molar-refractivity contribution in [1.82, 2.24) is 0 Å². The highest BCUT2D eigenvalue weighted by Gasteiger charge is 2.49. The highest BCUT2D eigenvalue weighted by atomic mass is 28.1. The van der Waals surface area contributed by atoms with Gasteiger partial charge in [0.1, 0.15) is 0 Å². The second-order valence-corrected chi connectivity index (χ2v) is 6.48. The first-order chi connectivity index (χ1) is 5.80. The smallest absolute Gasteiger partial charge is 0.00350 e. The standard InChI is InChI=1S/C11H20Si/c12-7-11-4-8-1-9(5-11)3-10(2-8)6-11/h8-10H,1-7H2,12H3. The van der Waals surface area contributed by atoms with Gasteiger partial charge in [0.25, 0.3) is 0 Å². The predicted octanol–water partition coefficient (Wildman–Crippen LogP) is 1.99. The van der Waals surface area contributed by atoms with Crippen LogP contribution in [0, 0.1) is 23.2 Å². The Balaban J connectivity index is 1.90. The molecule has 0 aromatic rings. The highest BCUT2D eigenvalue weighted by molar-refractivity contribution is 6.09. The summed E-state index contributed by atoms with van der Waals surface area (Å²) < 4.78 is 0. The molecule has 0 aromatic carbocycles. The summed E-state index contributed by atoms with van der Waals surface area (Å²) in [5, 5.41) is 0. The molecule has 4 fully saturated rings. The van der Waals surface area contributed by atoms with Crippen LogP contribution in [-0.4, -0.2) is 10.2 Å². The first kappa shape index (κ1) is 7.60. The fourth-order valence-corrected chi connectivity index (χ4v) is 5.59. The molecule has 4 bridgehead atoms. The van der Waals surface area contributed by atoms with Crippen LogP contribution < -0.4 is 0 Å². The van der Waals surface area contributed by atoms with E-state index in [-0.39, 0.29) is 0 Å². The summed E-state index contributed by atoms with van der Waals surface area (Å²) >= 11 is 0. The quantitative estimate of drug-likeness (QED) is 0.541. The highest BCUT2D eigenvalue weighted by Crippen LogP contribution is 2.61. The molecule has 0 heterocycles. The Kier molecular flexibility index (Phi) is 1.50. The lowest BCUT2D eigenvalue weighted by molar-refractivity contribution is -0.0406. The van der Waals surface area contributed by atoms with Gasteiger partial charge in [-0.3, -0.25) is 0 Å². The van der Waals surface area contributed by atoms with Crippen LogP contribution in [-0.2, 0) is 0 Å². The molecule has 12 heavy (non-hydrogen) atoms. The molecule has 4 aliphatic rings. The van der Waals surface area contributed by atoms with E-state index in [4.69, 9.17) is 0 Å². The van der Waals surface area contributed by atoms with Gasteiger partial charge >= 0.3 is 0 Å². The van der Waals surface area contributed by atoms with Gasteiger partial charge in [0.15, 0.2) is 0 Å². The summed E-state index contributed by atoms with van der Waals surface area (Å²) in [6.45, 7) is 0. The lowest BCUT2D eigenvalue weighted by Crippen LogP contribution is -2.45. The van der Waals surface area contributed by atoms with Crippen LogP contribution >= 0.6 is 0 Å². The summed E-state index contributed by atoms with van der Waals surface area (Å²) in [4.78, 5) is 0. The largest absolute Gasteiger partial charge is 0.0603 e. The lowest BCUT2D eigenvalue weighted by Gasteiger charge is -2.56. The Morgan fingerprint density at radius 3 is 1.67 bits per heavy atom. The van der Waals surface area contributed by atoms with E-state index < -0.39 is 0 Å². The second kappa shape index (κ2) is 2.37. The van der Waals surface area contributed by atoms with Crippen molar-refractivity contribution in [3.05, 3.63) is 0 Å². The molecule has 0 saturated heterocycles. The van der Waals surface area contributed by atoms with Gasteiger partial charge in [0.05, 0.1) is 0 Å². The van der Waals surface area contributed by atoms with Crippen molar-refractivity contribution < 1.29 is 0 Å². The summed E-state index contributed by atoms with van der Waals surface area (Å²) in [6, 6.07) is 1.61. The molecule has 68 valence electrons. The molecule has 0 amide bonds. The van der Waals surface area contributed by atoms with Crippen LogP contribution in [0.3, 0.4) is 0 Å². The van der Waals surface area contributed by atoms with E-state index >= 15 is 0 Å². The van der Waals surface area contributed by atoms with Gasteiger partial charge in [-0.05, 0) is 61.7 Å². The summed E-state index contributed by atoms with van der Waals surface area (Å²) in [7, 11) is 1.45. The maximum absolute atomic E-state index is 1.63. The van der Waals surface area contributed by atoms with Crippen molar-refractivity contribution >= 4 is 10.2 Å². The zero-order chi connectivity index (χ0) is 8.18. The van der Waals surface area contributed by atoms with E-state index in [0.717, 1.165) is 5.41 Å². The summed E-state index contributed by atoms with van der Waals surface area (Å²) in [6.07, 6.45) is 9.72. The third kappa shape index (κ3) is 0.951. The maximum Gasteiger partial charge on any atom is 0.00350 e. The minimum Gasteiger partial charge on any atom is -0.0603 e. The number of rotatable bonds is 1. The molecule has 0 unspecified atom stereocenters. The SMILES string of the molecule is [SiH3]CC12CC3CC(CC(C3)C1)C2. The molecular weight excluding hydrogens is 160 g/mol. The third-order valence-electron chi connectivity index (χ3n) is 4.92. The van der Waals surface area contributed by atoms with Crippen LogP contribution in [0.25, 0.3) is 0 Å². The summed E-state index contributed by atoms with van der Waals surface area (Å²) in [5.41, 5.74) is 0.904. The van der Waals surface area contributed by atoms with Gasteiger partial charge in [-0.25, -0.2) is 0 Å². The number of hydrogen-bond acceptors (Lipinski definition) is 0. The monoisotopic (exact) mass is 180 g/mol. The maximum atomic E-state index is 1.63. The van der Waals surface area contributed by atoms with Crippen LogP contribution in [0.1, 0.15) is 38.5 Å². The minimum absolute atomic E-state index is 0.904. The molecule has 4 rings (SSSR count). The fraction of sp³-hybridized carbons (Fsp3) is 1.00. The topological polar surface area (TPSA) is 0 Å². The molecule has 4 saturated carbocycles. The first-order valence-electron chi connectivity index (χ1n) is 5.80. The van der Waals surface area contributed by atoms with Gasteiger partial charge in [-0.2, -0.15) is 0 Å². The van der Waals surface area contributed by atoms with Crippen LogP contribution in [0.15, 0.2) is 0 Å². The fourth-order valence-electron chi connectivity index (χ4n) is 4.72. The van der Waals surface area contributed by atoms with E-state index in [1.165, 1.54) is 28.0 Å². The predicted molar refractivity (Wildman–Crippen MR) is 55.4 cm³/mol. The van der Waals surface area contributed by atoms with Crippen LogP contribution in [0.2, 0.25) is 6.04 Å². The zero-order valence-electron chi connectivity index (χ0n) is 8.18. The Morgan fingerprint density at radius 2 is 1.33 bits per heavy atom. The summed E-state index contributed by atoms with van der Waals surface area (Å²) in [5.74, 6) is 3.51. The molecule has 0 spiro atoms. The van der Waals surface area contributed by atoms with Gasteiger partial charge < -0.3 is 0 Å². The molecule has 0 aromatic heterocycles.